The molecule has 1 aliphatic carbocycles. The van der Waals surface area contributed by atoms with E-state index in [0.29, 0.717) is 0 Å². The summed E-state index contributed by atoms with van der Waals surface area (Å²) in [7, 11) is 3.87. The first-order valence-electron chi connectivity index (χ1n) is 4.91. The summed E-state index contributed by atoms with van der Waals surface area (Å²) in [5.41, 5.74) is 0. The van der Waals surface area contributed by atoms with E-state index >= 15 is 0 Å². The molecule has 0 bridgehead atoms. The van der Waals surface area contributed by atoms with Crippen molar-refractivity contribution in [1.29, 1.82) is 5.26 Å². The third-order valence-electron chi connectivity index (χ3n) is 2.51. The average Bonchev–Trinajstić information content (AvgIpc) is 2.19. The van der Waals surface area contributed by atoms with Crippen LogP contribution in [0.1, 0.15) is 32.1 Å². The van der Waals surface area contributed by atoms with Gasteiger partial charge < -0.3 is 4.90 Å². The summed E-state index contributed by atoms with van der Waals surface area (Å²) in [4.78, 5) is 1.91. The topological polar surface area (TPSA) is 27.0 Å². The molecular weight excluding hydrogens is 212 g/mol. The van der Waals surface area contributed by atoms with Crippen LogP contribution in [-0.2, 0) is 0 Å². The Morgan fingerprint density at radius 3 is 2.36 bits per heavy atom. The highest BCUT2D eigenvalue weighted by Crippen LogP contribution is 2.40. The Morgan fingerprint density at radius 2 is 1.93 bits per heavy atom. The first kappa shape index (κ1) is 11.8. The van der Waals surface area contributed by atoms with Crippen LogP contribution in [-0.4, -0.2) is 28.1 Å². The molecule has 0 saturated heterocycles. The van der Waals surface area contributed by atoms with Crippen molar-refractivity contribution in [1.82, 2.24) is 4.90 Å². The van der Waals surface area contributed by atoms with Gasteiger partial charge in [0.15, 0.2) is 0 Å². The first-order chi connectivity index (χ1) is 6.59. The minimum Gasteiger partial charge on any atom is -0.364 e. The molecule has 2 nitrogen and oxygen atoms in total. The van der Waals surface area contributed by atoms with Crippen LogP contribution < -0.4 is 0 Å². The maximum atomic E-state index is 9.22. The summed E-state index contributed by atoms with van der Waals surface area (Å²) in [6, 6.07) is 2.45. The molecule has 0 aliphatic heterocycles. The molecule has 4 heteroatoms. The lowest BCUT2D eigenvalue weighted by molar-refractivity contribution is 0.460. The minimum absolute atomic E-state index is 0.237. The fourth-order valence-corrected chi connectivity index (χ4v) is 3.15. The summed E-state index contributed by atoms with van der Waals surface area (Å²) in [6.07, 6.45) is 5.57. The zero-order valence-corrected chi connectivity index (χ0v) is 10.4. The molecule has 1 rings (SSSR count). The van der Waals surface area contributed by atoms with Crippen LogP contribution in [0.2, 0.25) is 0 Å². The maximum Gasteiger partial charge on any atom is 0.137 e. The van der Waals surface area contributed by atoms with Crippen molar-refractivity contribution in [3.05, 3.63) is 0 Å². The summed E-state index contributed by atoms with van der Waals surface area (Å²) >= 11 is 6.81. The highest BCUT2D eigenvalue weighted by Gasteiger charge is 2.34. The van der Waals surface area contributed by atoms with Crippen molar-refractivity contribution in [3.8, 4) is 6.07 Å². The smallest absolute Gasteiger partial charge is 0.137 e. The second-order valence-corrected chi connectivity index (χ2v) is 5.95. The van der Waals surface area contributed by atoms with Gasteiger partial charge in [-0.1, -0.05) is 43.2 Å². The van der Waals surface area contributed by atoms with Gasteiger partial charge in [-0.3, -0.25) is 0 Å². The molecule has 0 N–H and O–H groups in total. The number of rotatable bonds is 1. The van der Waals surface area contributed by atoms with Gasteiger partial charge in [0.25, 0.3) is 0 Å². The summed E-state index contributed by atoms with van der Waals surface area (Å²) < 4.78 is 0.591. The lowest BCUT2D eigenvalue weighted by Crippen LogP contribution is -2.30. The molecule has 0 spiro atoms. The molecule has 1 saturated carbocycles. The monoisotopic (exact) mass is 228 g/mol. The Labute approximate surface area is 95.7 Å². The zero-order chi connectivity index (χ0) is 10.6. The quantitative estimate of drug-likeness (QED) is 0.645. The fraction of sp³-hybridized carbons (Fsp3) is 0.800. The van der Waals surface area contributed by atoms with E-state index in [1.54, 1.807) is 11.8 Å². The number of thioether (sulfide) groups is 1. The molecule has 0 aromatic rings. The van der Waals surface area contributed by atoms with E-state index in [4.69, 9.17) is 12.2 Å². The van der Waals surface area contributed by atoms with Crippen molar-refractivity contribution in [3.63, 3.8) is 0 Å². The molecule has 14 heavy (non-hydrogen) atoms. The number of nitrogens with zero attached hydrogens (tertiary/aromatic N) is 2. The Bertz CT molecular complexity index is 249. The van der Waals surface area contributed by atoms with E-state index in [1.165, 1.54) is 6.42 Å². The predicted molar refractivity (Wildman–Crippen MR) is 65.3 cm³/mol. The van der Waals surface area contributed by atoms with E-state index in [-0.39, 0.29) is 4.75 Å². The third-order valence-corrected chi connectivity index (χ3v) is 4.56. The van der Waals surface area contributed by atoms with Crippen LogP contribution in [0.15, 0.2) is 0 Å². The number of nitriles is 1. The van der Waals surface area contributed by atoms with Gasteiger partial charge in [-0.05, 0) is 12.8 Å². The largest absolute Gasteiger partial charge is 0.364 e. The second-order valence-electron chi connectivity index (χ2n) is 3.93. The Hall–Kier alpha value is -0.270. The normalized spacial score (nSPS) is 19.8. The van der Waals surface area contributed by atoms with Gasteiger partial charge in [0.2, 0.25) is 0 Å². The van der Waals surface area contributed by atoms with Gasteiger partial charge in [0.05, 0.1) is 6.07 Å². The molecule has 0 heterocycles. The Kier molecular flexibility index (Phi) is 4.21. The van der Waals surface area contributed by atoms with Gasteiger partial charge in [-0.25, -0.2) is 0 Å². The molecule has 0 aromatic heterocycles. The molecule has 1 aliphatic rings. The molecule has 78 valence electrons. The minimum atomic E-state index is -0.237. The molecular formula is C10H16N2S2. The highest BCUT2D eigenvalue weighted by atomic mass is 32.2. The summed E-state index contributed by atoms with van der Waals surface area (Å²) in [5.74, 6) is 0. The van der Waals surface area contributed by atoms with Crippen LogP contribution >= 0.6 is 24.0 Å². The van der Waals surface area contributed by atoms with Gasteiger partial charge in [0.1, 0.15) is 9.07 Å². The molecule has 0 amide bonds. The number of hydrogen-bond donors (Lipinski definition) is 0. The number of thiocarbonyl (C=S) groups is 1. The standard InChI is InChI=1S/C10H16N2S2/c1-12(2)9(13)14-10(8-11)6-4-3-5-7-10/h3-7H2,1-2H3. The predicted octanol–water partition coefficient (Wildman–Crippen LogP) is 2.79. The van der Waals surface area contributed by atoms with Crippen molar-refractivity contribution in [2.75, 3.05) is 14.1 Å². The van der Waals surface area contributed by atoms with Crippen LogP contribution in [0.4, 0.5) is 0 Å². The van der Waals surface area contributed by atoms with E-state index < -0.39 is 0 Å². The van der Waals surface area contributed by atoms with Crippen molar-refractivity contribution < 1.29 is 0 Å². The Morgan fingerprint density at radius 1 is 1.36 bits per heavy atom. The SMILES string of the molecule is CN(C)C(=S)SC1(C#N)CCCCC1. The highest BCUT2D eigenvalue weighted by molar-refractivity contribution is 8.23. The van der Waals surface area contributed by atoms with E-state index in [0.717, 1.165) is 30.0 Å². The van der Waals surface area contributed by atoms with Gasteiger partial charge in [0, 0.05) is 14.1 Å². The fourth-order valence-electron chi connectivity index (χ4n) is 1.62. The molecule has 0 aromatic carbocycles. The maximum absolute atomic E-state index is 9.22. The first-order valence-corrected chi connectivity index (χ1v) is 6.14. The van der Waals surface area contributed by atoms with E-state index in [2.05, 4.69) is 6.07 Å². The summed E-state index contributed by atoms with van der Waals surface area (Å²) in [5, 5.41) is 9.22. The van der Waals surface area contributed by atoms with E-state index in [1.807, 2.05) is 19.0 Å². The lowest BCUT2D eigenvalue weighted by atomic mass is 9.89. The molecule has 0 atom stereocenters. The Balaban J connectivity index is 2.62. The van der Waals surface area contributed by atoms with Gasteiger partial charge >= 0.3 is 0 Å². The van der Waals surface area contributed by atoms with Crippen molar-refractivity contribution in [2.45, 2.75) is 36.9 Å². The van der Waals surface area contributed by atoms with Gasteiger partial charge in [-0.2, -0.15) is 5.26 Å². The second kappa shape index (κ2) is 4.99. The van der Waals surface area contributed by atoms with Crippen LogP contribution in [0.5, 0.6) is 0 Å². The average molecular weight is 228 g/mol. The molecule has 1 fully saturated rings. The number of hydrogen-bond acceptors (Lipinski definition) is 3. The van der Waals surface area contributed by atoms with Crippen LogP contribution in [0.3, 0.4) is 0 Å². The molecule has 0 unspecified atom stereocenters. The van der Waals surface area contributed by atoms with Crippen molar-refractivity contribution in [2.24, 2.45) is 0 Å². The van der Waals surface area contributed by atoms with Gasteiger partial charge in [-0.15, -0.1) is 0 Å². The van der Waals surface area contributed by atoms with Crippen LogP contribution in [0, 0.1) is 11.3 Å². The van der Waals surface area contributed by atoms with Crippen molar-refractivity contribution >= 4 is 28.3 Å². The summed E-state index contributed by atoms with van der Waals surface area (Å²) in [6.45, 7) is 0. The third kappa shape index (κ3) is 2.86. The lowest BCUT2D eigenvalue weighted by Gasteiger charge is -2.31. The van der Waals surface area contributed by atoms with Crippen LogP contribution in [0.25, 0.3) is 0 Å². The molecule has 0 radical (unpaired) electrons. The van der Waals surface area contributed by atoms with E-state index in [9.17, 15) is 5.26 Å². The zero-order valence-electron chi connectivity index (χ0n) is 8.75.